The molecular formula is C17H19N3O2. The van der Waals surface area contributed by atoms with Gasteiger partial charge in [0.15, 0.2) is 0 Å². The molecule has 1 unspecified atom stereocenters. The summed E-state index contributed by atoms with van der Waals surface area (Å²) in [6, 6.07) is 13.1. The normalized spacial score (nSPS) is 16.1. The number of aromatic nitrogens is 1. The van der Waals surface area contributed by atoms with E-state index in [0.717, 1.165) is 11.3 Å². The number of morpholine rings is 1. The summed E-state index contributed by atoms with van der Waals surface area (Å²) in [4.78, 5) is 18.9. The van der Waals surface area contributed by atoms with Crippen LogP contribution in [0.1, 0.15) is 11.6 Å². The van der Waals surface area contributed by atoms with Crippen molar-refractivity contribution in [1.82, 2.24) is 9.88 Å². The largest absolute Gasteiger partial charge is 0.378 e. The molecule has 1 aliphatic rings. The minimum atomic E-state index is -0.436. The van der Waals surface area contributed by atoms with Crippen LogP contribution in [0.4, 0.5) is 5.69 Å². The molecule has 1 N–H and O–H groups in total. The van der Waals surface area contributed by atoms with Gasteiger partial charge in [0.2, 0.25) is 5.91 Å². The van der Waals surface area contributed by atoms with Crippen molar-refractivity contribution in [3.05, 3.63) is 60.4 Å². The van der Waals surface area contributed by atoms with Crippen LogP contribution in [0, 0.1) is 0 Å². The summed E-state index contributed by atoms with van der Waals surface area (Å²) in [6.07, 6.45) is 3.45. The molecule has 22 heavy (non-hydrogen) atoms. The maximum Gasteiger partial charge on any atom is 0.249 e. The van der Waals surface area contributed by atoms with Crippen molar-refractivity contribution < 1.29 is 9.53 Å². The zero-order valence-electron chi connectivity index (χ0n) is 12.3. The third kappa shape index (κ3) is 3.43. The molecular weight excluding hydrogens is 278 g/mol. The first-order chi connectivity index (χ1) is 10.8. The smallest absolute Gasteiger partial charge is 0.249 e. The van der Waals surface area contributed by atoms with Crippen molar-refractivity contribution in [2.75, 3.05) is 31.6 Å². The lowest BCUT2D eigenvalue weighted by Crippen LogP contribution is -2.44. The Hall–Kier alpha value is -2.40. The minimum absolute atomic E-state index is 0.0557. The van der Waals surface area contributed by atoms with Crippen molar-refractivity contribution in [1.29, 1.82) is 0 Å². The van der Waals surface area contributed by atoms with E-state index in [4.69, 9.17) is 4.74 Å². The lowest BCUT2D eigenvalue weighted by molar-refractivity contribution is -0.136. The Kier molecular flexibility index (Phi) is 4.65. The number of carbonyl (C=O) groups is 1. The zero-order valence-corrected chi connectivity index (χ0v) is 12.3. The van der Waals surface area contributed by atoms with E-state index in [1.54, 1.807) is 12.4 Å². The molecule has 0 radical (unpaired) electrons. The lowest BCUT2D eigenvalue weighted by Gasteiger charge is -2.31. The Morgan fingerprint density at radius 2 is 1.91 bits per heavy atom. The molecule has 2 aromatic rings. The second-order valence-electron chi connectivity index (χ2n) is 5.17. The number of para-hydroxylation sites is 1. The van der Waals surface area contributed by atoms with E-state index in [-0.39, 0.29) is 5.91 Å². The van der Waals surface area contributed by atoms with Crippen LogP contribution in [-0.4, -0.2) is 42.1 Å². The Balaban J connectivity index is 1.84. The van der Waals surface area contributed by atoms with Crippen LogP contribution < -0.4 is 5.32 Å². The Morgan fingerprint density at radius 1 is 1.14 bits per heavy atom. The lowest BCUT2D eigenvalue weighted by atomic mass is 10.1. The van der Waals surface area contributed by atoms with Gasteiger partial charge in [0, 0.05) is 36.7 Å². The van der Waals surface area contributed by atoms with Crippen LogP contribution in [0.2, 0.25) is 0 Å². The predicted molar refractivity (Wildman–Crippen MR) is 84.4 cm³/mol. The molecule has 1 aromatic heterocycles. The van der Waals surface area contributed by atoms with Crippen molar-refractivity contribution in [3.63, 3.8) is 0 Å². The fourth-order valence-electron chi connectivity index (χ4n) is 2.50. The number of hydrogen-bond acceptors (Lipinski definition) is 4. The Morgan fingerprint density at radius 3 is 2.59 bits per heavy atom. The summed E-state index contributed by atoms with van der Waals surface area (Å²) in [5, 5.41) is 3.32. The molecule has 1 atom stereocenters. The van der Waals surface area contributed by atoms with Crippen molar-refractivity contribution in [3.8, 4) is 0 Å². The van der Waals surface area contributed by atoms with E-state index in [9.17, 15) is 4.79 Å². The monoisotopic (exact) mass is 297 g/mol. The fourth-order valence-corrected chi connectivity index (χ4v) is 2.50. The molecule has 2 heterocycles. The van der Waals surface area contributed by atoms with E-state index in [2.05, 4.69) is 10.3 Å². The van der Waals surface area contributed by atoms with Gasteiger partial charge in [-0.2, -0.15) is 0 Å². The zero-order chi connectivity index (χ0) is 15.2. The first kappa shape index (κ1) is 14.5. The fraction of sp³-hybridized carbons (Fsp3) is 0.294. The van der Waals surface area contributed by atoms with Gasteiger partial charge in [-0.3, -0.25) is 9.78 Å². The van der Waals surface area contributed by atoms with Crippen LogP contribution in [0.25, 0.3) is 0 Å². The van der Waals surface area contributed by atoms with Crippen LogP contribution in [0.5, 0.6) is 0 Å². The quantitative estimate of drug-likeness (QED) is 0.939. The van der Waals surface area contributed by atoms with E-state index < -0.39 is 6.04 Å². The average molecular weight is 297 g/mol. The van der Waals surface area contributed by atoms with Crippen molar-refractivity contribution >= 4 is 11.6 Å². The van der Waals surface area contributed by atoms with E-state index >= 15 is 0 Å². The number of ether oxygens (including phenoxy) is 1. The van der Waals surface area contributed by atoms with Gasteiger partial charge in [0.05, 0.1) is 13.2 Å². The van der Waals surface area contributed by atoms with Crippen LogP contribution in [0.3, 0.4) is 0 Å². The van der Waals surface area contributed by atoms with Gasteiger partial charge < -0.3 is 15.0 Å². The van der Waals surface area contributed by atoms with Gasteiger partial charge in [-0.15, -0.1) is 0 Å². The number of benzene rings is 1. The van der Waals surface area contributed by atoms with E-state index in [1.807, 2.05) is 47.4 Å². The molecule has 1 saturated heterocycles. The summed E-state index contributed by atoms with van der Waals surface area (Å²) < 4.78 is 5.33. The van der Waals surface area contributed by atoms with Gasteiger partial charge in [0.1, 0.15) is 6.04 Å². The van der Waals surface area contributed by atoms with Crippen LogP contribution >= 0.6 is 0 Å². The average Bonchev–Trinajstić information content (AvgIpc) is 2.61. The molecule has 1 fully saturated rings. The first-order valence-electron chi connectivity index (χ1n) is 7.42. The highest BCUT2D eigenvalue weighted by Gasteiger charge is 2.27. The Labute approximate surface area is 129 Å². The third-order valence-electron chi connectivity index (χ3n) is 3.67. The predicted octanol–water partition coefficient (Wildman–Crippen LogP) is 2.09. The molecule has 114 valence electrons. The van der Waals surface area contributed by atoms with E-state index in [1.165, 1.54) is 0 Å². The summed E-state index contributed by atoms with van der Waals surface area (Å²) >= 11 is 0. The summed E-state index contributed by atoms with van der Waals surface area (Å²) in [5.74, 6) is 0.0557. The topological polar surface area (TPSA) is 54.5 Å². The molecule has 1 aliphatic heterocycles. The molecule has 5 heteroatoms. The first-order valence-corrected chi connectivity index (χ1v) is 7.42. The van der Waals surface area contributed by atoms with Gasteiger partial charge in [-0.1, -0.05) is 24.3 Å². The molecule has 3 rings (SSSR count). The Bertz CT molecular complexity index is 598. The number of hydrogen-bond donors (Lipinski definition) is 1. The standard InChI is InChI=1S/C17H19N3O2/c21-17(20-9-11-22-12-10-20)16(14-5-4-8-18-13-14)19-15-6-2-1-3-7-15/h1-8,13,16,19H,9-12H2. The number of nitrogens with one attached hydrogen (secondary N) is 1. The van der Waals surface area contributed by atoms with Crippen LogP contribution in [-0.2, 0) is 9.53 Å². The highest BCUT2D eigenvalue weighted by Crippen LogP contribution is 2.21. The maximum atomic E-state index is 12.9. The van der Waals surface area contributed by atoms with E-state index in [0.29, 0.717) is 26.3 Å². The third-order valence-corrected chi connectivity index (χ3v) is 3.67. The molecule has 1 aromatic carbocycles. The molecule has 1 amide bonds. The molecule has 0 spiro atoms. The number of carbonyl (C=O) groups excluding carboxylic acids is 1. The second-order valence-corrected chi connectivity index (χ2v) is 5.17. The number of nitrogens with zero attached hydrogens (tertiary/aromatic N) is 2. The summed E-state index contributed by atoms with van der Waals surface area (Å²) in [6.45, 7) is 2.45. The minimum Gasteiger partial charge on any atom is -0.378 e. The summed E-state index contributed by atoms with van der Waals surface area (Å²) in [7, 11) is 0. The number of pyridine rings is 1. The highest BCUT2D eigenvalue weighted by molar-refractivity contribution is 5.86. The van der Waals surface area contributed by atoms with Gasteiger partial charge in [-0.25, -0.2) is 0 Å². The highest BCUT2D eigenvalue weighted by atomic mass is 16.5. The molecule has 0 saturated carbocycles. The molecule has 0 bridgehead atoms. The van der Waals surface area contributed by atoms with Gasteiger partial charge in [0.25, 0.3) is 0 Å². The SMILES string of the molecule is O=C(C(Nc1ccccc1)c1cccnc1)N1CCOCC1. The number of rotatable bonds is 4. The van der Waals surface area contributed by atoms with Crippen molar-refractivity contribution in [2.45, 2.75) is 6.04 Å². The van der Waals surface area contributed by atoms with Gasteiger partial charge >= 0.3 is 0 Å². The number of anilines is 1. The van der Waals surface area contributed by atoms with Gasteiger partial charge in [-0.05, 0) is 18.2 Å². The maximum absolute atomic E-state index is 12.9. The van der Waals surface area contributed by atoms with Crippen molar-refractivity contribution in [2.24, 2.45) is 0 Å². The molecule has 0 aliphatic carbocycles. The van der Waals surface area contributed by atoms with Crippen LogP contribution in [0.15, 0.2) is 54.9 Å². The summed E-state index contributed by atoms with van der Waals surface area (Å²) in [5.41, 5.74) is 1.78. The number of amides is 1. The second kappa shape index (κ2) is 7.04. The molecule has 5 nitrogen and oxygen atoms in total.